The highest BCUT2D eigenvalue weighted by Crippen LogP contribution is 1.90. The molecule has 0 saturated carbocycles. The molecule has 0 unspecified atom stereocenters. The van der Waals surface area contributed by atoms with E-state index in [1.54, 1.807) is 4.90 Å². The fourth-order valence-corrected chi connectivity index (χ4v) is 0.990. The van der Waals surface area contributed by atoms with Crippen molar-refractivity contribution >= 4 is 21.8 Å². The minimum atomic E-state index is 0.150. The molecule has 0 aliphatic carbocycles. The summed E-state index contributed by atoms with van der Waals surface area (Å²) < 4.78 is 0. The summed E-state index contributed by atoms with van der Waals surface area (Å²) in [6, 6.07) is 0. The maximum atomic E-state index is 10.8. The maximum absolute atomic E-state index is 10.8. The molecular weight excluding hydrogens is 182 g/mol. The maximum Gasteiger partial charge on any atom is 0.232 e. The molecule has 1 amide bonds. The summed E-state index contributed by atoms with van der Waals surface area (Å²) in [6.07, 6.45) is 1.02. The number of carbonyl (C=O) groups excluding carboxylic acids is 1. The molecule has 0 aliphatic rings. The Morgan fingerprint density at radius 1 is 1.67 bits per heavy atom. The minimum Gasteiger partial charge on any atom is -0.345 e. The quantitative estimate of drug-likeness (QED) is 0.619. The van der Waals surface area contributed by atoms with E-state index in [1.165, 1.54) is 0 Å². The molecule has 0 aliphatic heterocycles. The zero-order chi connectivity index (χ0) is 7.28. The molecule has 0 spiro atoms. The first kappa shape index (κ1) is 8.95. The van der Waals surface area contributed by atoms with Crippen LogP contribution in [0.25, 0.3) is 0 Å². The van der Waals surface area contributed by atoms with Crippen molar-refractivity contribution < 1.29 is 4.79 Å². The molecule has 2 nitrogen and oxygen atoms in total. The van der Waals surface area contributed by atoms with E-state index in [0.717, 1.165) is 13.0 Å². The second kappa shape index (κ2) is 4.79. The molecule has 0 N–H and O–H groups in total. The number of carbonyl (C=O) groups is 1. The van der Waals surface area contributed by atoms with Crippen LogP contribution in [-0.2, 0) is 4.79 Å². The van der Waals surface area contributed by atoms with Crippen LogP contribution in [0.4, 0.5) is 0 Å². The van der Waals surface area contributed by atoms with Gasteiger partial charge in [-0.2, -0.15) is 0 Å². The summed E-state index contributed by atoms with van der Waals surface area (Å²) in [5, 5.41) is 0.434. The number of nitrogens with zero attached hydrogens (tertiary/aromatic N) is 1. The lowest BCUT2D eigenvalue weighted by atomic mass is 10.4. The summed E-state index contributed by atoms with van der Waals surface area (Å²) in [4.78, 5) is 12.5. The lowest BCUT2D eigenvalue weighted by Gasteiger charge is -2.13. The molecule has 9 heavy (non-hydrogen) atoms. The van der Waals surface area contributed by atoms with Gasteiger partial charge in [0, 0.05) is 13.6 Å². The summed E-state index contributed by atoms with van der Waals surface area (Å²) in [5.74, 6) is 0.150. The lowest BCUT2D eigenvalue weighted by molar-refractivity contribution is -0.126. The Morgan fingerprint density at radius 3 is 2.56 bits per heavy atom. The highest BCUT2D eigenvalue weighted by Gasteiger charge is 2.02. The third-order valence-corrected chi connectivity index (χ3v) is 1.58. The number of rotatable bonds is 3. The molecule has 0 radical (unpaired) electrons. The first-order chi connectivity index (χ1) is 4.22. The van der Waals surface area contributed by atoms with E-state index < -0.39 is 0 Å². The Balaban J connectivity index is 3.45. The van der Waals surface area contributed by atoms with Gasteiger partial charge in [-0.1, -0.05) is 22.9 Å². The molecule has 0 saturated heterocycles. The van der Waals surface area contributed by atoms with Crippen molar-refractivity contribution in [3.05, 3.63) is 0 Å². The number of hydrogen-bond acceptors (Lipinski definition) is 1. The van der Waals surface area contributed by atoms with Gasteiger partial charge < -0.3 is 4.90 Å². The van der Waals surface area contributed by atoms with Gasteiger partial charge in [-0.25, -0.2) is 0 Å². The molecule has 0 atom stereocenters. The van der Waals surface area contributed by atoms with Crippen LogP contribution in [0.2, 0.25) is 0 Å². The predicted octanol–water partition coefficient (Wildman–Crippen LogP) is 1.25. The average molecular weight is 194 g/mol. The van der Waals surface area contributed by atoms with Gasteiger partial charge in [0.05, 0.1) is 5.33 Å². The molecule has 0 aromatic heterocycles. The van der Waals surface area contributed by atoms with E-state index in [1.807, 2.05) is 7.05 Å². The van der Waals surface area contributed by atoms with Crippen molar-refractivity contribution in [1.29, 1.82) is 0 Å². The number of alkyl halides is 1. The average Bonchev–Trinajstić information content (AvgIpc) is 1.87. The Bertz CT molecular complexity index is 95.1. The largest absolute Gasteiger partial charge is 0.345 e. The van der Waals surface area contributed by atoms with Crippen LogP contribution in [-0.4, -0.2) is 29.7 Å². The fourth-order valence-electron chi connectivity index (χ4n) is 0.562. The smallest absolute Gasteiger partial charge is 0.232 e. The summed E-state index contributed by atoms with van der Waals surface area (Å²) >= 11 is 3.09. The molecule has 0 fully saturated rings. The normalized spacial score (nSPS) is 9.22. The van der Waals surface area contributed by atoms with Crippen LogP contribution < -0.4 is 0 Å². The van der Waals surface area contributed by atoms with Crippen LogP contribution >= 0.6 is 15.9 Å². The van der Waals surface area contributed by atoms with E-state index in [0.29, 0.717) is 5.33 Å². The summed E-state index contributed by atoms with van der Waals surface area (Å²) in [7, 11) is 1.81. The fraction of sp³-hybridized carbons (Fsp3) is 0.833. The molecule has 0 rings (SSSR count). The van der Waals surface area contributed by atoms with E-state index in [4.69, 9.17) is 0 Å². The molecular formula is C6H12BrNO. The zero-order valence-electron chi connectivity index (χ0n) is 5.85. The third-order valence-electron chi connectivity index (χ3n) is 1.10. The predicted molar refractivity (Wildman–Crippen MR) is 41.7 cm³/mol. The first-order valence-electron chi connectivity index (χ1n) is 3.02. The molecule has 54 valence electrons. The van der Waals surface area contributed by atoms with E-state index in [-0.39, 0.29) is 5.91 Å². The SMILES string of the molecule is CCCN(C)C(=O)CBr. The molecule has 3 heteroatoms. The zero-order valence-corrected chi connectivity index (χ0v) is 7.44. The van der Waals surface area contributed by atoms with Crippen molar-refractivity contribution in [1.82, 2.24) is 4.90 Å². The first-order valence-corrected chi connectivity index (χ1v) is 4.14. The number of hydrogen-bond donors (Lipinski definition) is 0. The second-order valence-electron chi connectivity index (χ2n) is 1.95. The molecule has 0 aromatic rings. The minimum absolute atomic E-state index is 0.150. The molecule has 0 heterocycles. The third kappa shape index (κ3) is 3.51. The van der Waals surface area contributed by atoms with E-state index in [2.05, 4.69) is 22.9 Å². The Hall–Kier alpha value is -0.0500. The molecule has 0 bridgehead atoms. The standard InChI is InChI=1S/C6H12BrNO/c1-3-4-8(2)6(9)5-7/h3-5H2,1-2H3. The van der Waals surface area contributed by atoms with Gasteiger partial charge in [0.2, 0.25) is 5.91 Å². The van der Waals surface area contributed by atoms with Gasteiger partial charge >= 0.3 is 0 Å². The monoisotopic (exact) mass is 193 g/mol. The Morgan fingerprint density at radius 2 is 2.22 bits per heavy atom. The summed E-state index contributed by atoms with van der Waals surface area (Å²) in [6.45, 7) is 2.91. The van der Waals surface area contributed by atoms with Gasteiger partial charge in [-0.3, -0.25) is 4.79 Å². The molecule has 0 aromatic carbocycles. The van der Waals surface area contributed by atoms with Gasteiger partial charge in [0.15, 0.2) is 0 Å². The van der Waals surface area contributed by atoms with Gasteiger partial charge in [0.25, 0.3) is 0 Å². The highest BCUT2D eigenvalue weighted by molar-refractivity contribution is 9.09. The highest BCUT2D eigenvalue weighted by atomic mass is 79.9. The van der Waals surface area contributed by atoms with Gasteiger partial charge in [-0.15, -0.1) is 0 Å². The van der Waals surface area contributed by atoms with Crippen molar-refractivity contribution in [2.24, 2.45) is 0 Å². The van der Waals surface area contributed by atoms with Gasteiger partial charge in [0.1, 0.15) is 0 Å². The van der Waals surface area contributed by atoms with Gasteiger partial charge in [-0.05, 0) is 6.42 Å². The Kier molecular flexibility index (Phi) is 4.77. The van der Waals surface area contributed by atoms with E-state index >= 15 is 0 Å². The van der Waals surface area contributed by atoms with Crippen molar-refractivity contribution in [2.75, 3.05) is 18.9 Å². The second-order valence-corrected chi connectivity index (χ2v) is 2.51. The van der Waals surface area contributed by atoms with Crippen molar-refractivity contribution in [3.63, 3.8) is 0 Å². The lowest BCUT2D eigenvalue weighted by Crippen LogP contribution is -2.27. The van der Waals surface area contributed by atoms with Crippen LogP contribution in [0.15, 0.2) is 0 Å². The van der Waals surface area contributed by atoms with E-state index in [9.17, 15) is 4.79 Å². The topological polar surface area (TPSA) is 20.3 Å². The Labute approximate surface area is 64.4 Å². The van der Waals surface area contributed by atoms with Crippen LogP contribution in [0.1, 0.15) is 13.3 Å². The van der Waals surface area contributed by atoms with Crippen molar-refractivity contribution in [3.8, 4) is 0 Å². The van der Waals surface area contributed by atoms with Crippen LogP contribution in [0.5, 0.6) is 0 Å². The van der Waals surface area contributed by atoms with Crippen molar-refractivity contribution in [2.45, 2.75) is 13.3 Å². The van der Waals surface area contributed by atoms with Crippen LogP contribution in [0, 0.1) is 0 Å². The summed E-state index contributed by atoms with van der Waals surface area (Å²) in [5.41, 5.74) is 0. The number of halogens is 1. The number of amides is 1. The van der Waals surface area contributed by atoms with Crippen LogP contribution in [0.3, 0.4) is 0 Å².